The summed E-state index contributed by atoms with van der Waals surface area (Å²) < 4.78 is 21.9. The Hall–Kier alpha value is -2.60. The predicted molar refractivity (Wildman–Crippen MR) is 95.6 cm³/mol. The first-order valence-electron chi connectivity index (χ1n) is 8.98. The summed E-state index contributed by atoms with van der Waals surface area (Å²) in [5, 5.41) is 0. The van der Waals surface area contributed by atoms with Crippen LogP contribution >= 0.6 is 0 Å². The number of carbonyl (C=O) groups excluding carboxylic acids is 2. The number of carbonyl (C=O) groups is 2. The molecule has 0 unspecified atom stereocenters. The molecule has 0 spiro atoms. The molecule has 142 valence electrons. The maximum Gasteiger partial charge on any atom is 0.374 e. The zero-order valence-corrected chi connectivity index (χ0v) is 15.8. The van der Waals surface area contributed by atoms with Gasteiger partial charge in [0, 0.05) is 29.6 Å². The predicted octanol–water partition coefficient (Wildman–Crippen LogP) is 3.56. The van der Waals surface area contributed by atoms with Gasteiger partial charge < -0.3 is 18.6 Å². The molecule has 0 aromatic carbocycles. The molecule has 1 aromatic rings. The van der Waals surface area contributed by atoms with Crippen molar-refractivity contribution in [3.8, 4) is 0 Å². The average molecular weight is 370 g/mol. The molecule has 3 aliphatic rings. The molecule has 0 N–H and O–H groups in total. The summed E-state index contributed by atoms with van der Waals surface area (Å²) in [5.41, 5.74) is 2.30. The summed E-state index contributed by atoms with van der Waals surface area (Å²) in [7, 11) is 1.59. The second-order valence-corrected chi connectivity index (χ2v) is 7.55. The Balaban J connectivity index is 1.70. The average Bonchev–Trinajstić information content (AvgIpc) is 3.27. The fourth-order valence-corrected chi connectivity index (χ4v) is 4.19. The van der Waals surface area contributed by atoms with Gasteiger partial charge in [-0.1, -0.05) is 13.8 Å². The minimum Gasteiger partial charge on any atom is -0.457 e. The van der Waals surface area contributed by atoms with Gasteiger partial charge in [0.2, 0.25) is 5.76 Å². The molecule has 1 aromatic heterocycles. The van der Waals surface area contributed by atoms with E-state index in [9.17, 15) is 9.59 Å². The number of fused-ring (bicyclic) bond motifs is 2. The van der Waals surface area contributed by atoms with Crippen LogP contribution in [0.3, 0.4) is 0 Å². The minimum atomic E-state index is -0.513. The van der Waals surface area contributed by atoms with Crippen LogP contribution in [0.4, 0.5) is 0 Å². The lowest BCUT2D eigenvalue weighted by Crippen LogP contribution is -2.49. The quantitative estimate of drug-likeness (QED) is 0.758. The Kier molecular flexibility index (Phi) is 4.11. The molecule has 0 bridgehead atoms. The number of methoxy groups -OCH3 is 1. The van der Waals surface area contributed by atoms with E-state index in [-0.39, 0.29) is 23.1 Å². The Morgan fingerprint density at radius 2 is 2.15 bits per heavy atom. The Morgan fingerprint density at radius 1 is 1.37 bits per heavy atom. The fraction of sp³-hybridized carbons (Fsp3) is 0.429. The van der Waals surface area contributed by atoms with Crippen LogP contribution in [0.2, 0.25) is 0 Å². The fourth-order valence-electron chi connectivity index (χ4n) is 4.19. The number of hydrogen-bond donors (Lipinski definition) is 0. The monoisotopic (exact) mass is 370 g/mol. The maximum atomic E-state index is 12.4. The van der Waals surface area contributed by atoms with E-state index in [1.54, 1.807) is 26.2 Å². The highest BCUT2D eigenvalue weighted by Crippen LogP contribution is 2.54. The minimum absolute atomic E-state index is 0.0461. The van der Waals surface area contributed by atoms with E-state index in [4.69, 9.17) is 18.6 Å². The number of furan rings is 1. The molecule has 0 saturated heterocycles. The molecule has 4 atom stereocenters. The van der Waals surface area contributed by atoms with Crippen molar-refractivity contribution in [3.05, 3.63) is 58.8 Å². The highest BCUT2D eigenvalue weighted by atomic mass is 16.6. The molecule has 2 aliphatic carbocycles. The smallest absolute Gasteiger partial charge is 0.374 e. The van der Waals surface area contributed by atoms with Gasteiger partial charge in [-0.15, -0.1) is 0 Å². The van der Waals surface area contributed by atoms with Crippen LogP contribution in [0, 0.1) is 11.3 Å². The van der Waals surface area contributed by atoms with Crippen LogP contribution in [-0.2, 0) is 19.0 Å². The summed E-state index contributed by atoms with van der Waals surface area (Å²) in [6.45, 7) is 5.96. The van der Waals surface area contributed by atoms with Gasteiger partial charge in [-0.2, -0.15) is 0 Å². The molecular weight excluding hydrogens is 348 g/mol. The Labute approximate surface area is 157 Å². The van der Waals surface area contributed by atoms with Gasteiger partial charge in [0.05, 0.1) is 6.26 Å². The van der Waals surface area contributed by atoms with Crippen molar-refractivity contribution in [1.29, 1.82) is 0 Å². The Morgan fingerprint density at radius 3 is 2.81 bits per heavy atom. The highest BCUT2D eigenvalue weighted by Gasteiger charge is 2.51. The van der Waals surface area contributed by atoms with Crippen LogP contribution in [0.15, 0.2) is 57.4 Å². The first-order valence-corrected chi connectivity index (χ1v) is 8.98. The van der Waals surface area contributed by atoms with Crippen LogP contribution in [0.25, 0.3) is 0 Å². The Bertz CT molecular complexity index is 888. The summed E-state index contributed by atoms with van der Waals surface area (Å²) in [5.74, 6) is -0.0716. The number of ether oxygens (including phenoxy) is 3. The van der Waals surface area contributed by atoms with Gasteiger partial charge in [-0.05, 0) is 43.2 Å². The van der Waals surface area contributed by atoms with E-state index < -0.39 is 18.2 Å². The van der Waals surface area contributed by atoms with Gasteiger partial charge in [0.15, 0.2) is 0 Å². The third-order valence-corrected chi connectivity index (χ3v) is 6.15. The standard InChI is InChI=1S/C21H22O6/c1-11-14-10-21(3)12(2)18(27-20(23)15-6-5-7-25-15)17(24-4)9-13(21)8-16(14)26-19(11)22/h5-9,12,17-18H,10H2,1-4H3/t12-,17+,18+,21+/m0/s1. The van der Waals surface area contributed by atoms with Crippen molar-refractivity contribution in [1.82, 2.24) is 0 Å². The molecule has 27 heavy (non-hydrogen) atoms. The lowest BCUT2D eigenvalue weighted by atomic mass is 9.60. The van der Waals surface area contributed by atoms with Gasteiger partial charge in [0.1, 0.15) is 18.0 Å². The van der Waals surface area contributed by atoms with E-state index in [2.05, 4.69) is 6.92 Å². The van der Waals surface area contributed by atoms with E-state index in [1.807, 2.05) is 19.1 Å². The highest BCUT2D eigenvalue weighted by molar-refractivity contribution is 5.94. The topological polar surface area (TPSA) is 75.0 Å². The van der Waals surface area contributed by atoms with Gasteiger partial charge >= 0.3 is 11.9 Å². The van der Waals surface area contributed by atoms with Crippen LogP contribution in [-0.4, -0.2) is 31.3 Å². The first kappa shape index (κ1) is 17.8. The first-order chi connectivity index (χ1) is 12.8. The number of rotatable bonds is 3. The van der Waals surface area contributed by atoms with Crippen LogP contribution < -0.4 is 0 Å². The number of allylic oxidation sites excluding steroid dienone is 3. The molecule has 4 rings (SSSR count). The molecule has 6 nitrogen and oxygen atoms in total. The lowest BCUT2D eigenvalue weighted by Gasteiger charge is -2.48. The number of esters is 2. The largest absolute Gasteiger partial charge is 0.457 e. The number of hydrogen-bond acceptors (Lipinski definition) is 6. The van der Waals surface area contributed by atoms with E-state index in [0.717, 1.165) is 11.1 Å². The SMILES string of the molecule is CO[C@@H]1C=C2C=C3OC(=O)C(C)=C3C[C@]2(C)[C@@H](C)[C@H]1OC(=O)c1ccco1. The van der Waals surface area contributed by atoms with Gasteiger partial charge in [-0.3, -0.25) is 0 Å². The zero-order chi connectivity index (χ0) is 19.3. The van der Waals surface area contributed by atoms with Crippen molar-refractivity contribution < 1.29 is 28.2 Å². The van der Waals surface area contributed by atoms with Crippen LogP contribution in [0.5, 0.6) is 0 Å². The van der Waals surface area contributed by atoms with Crippen molar-refractivity contribution in [2.75, 3.05) is 7.11 Å². The summed E-state index contributed by atoms with van der Waals surface area (Å²) in [6.07, 6.45) is 5.09. The zero-order valence-electron chi connectivity index (χ0n) is 15.8. The van der Waals surface area contributed by atoms with Gasteiger partial charge in [0.25, 0.3) is 0 Å². The van der Waals surface area contributed by atoms with E-state index in [0.29, 0.717) is 17.8 Å². The molecule has 0 radical (unpaired) electrons. The molecule has 0 saturated carbocycles. The summed E-state index contributed by atoms with van der Waals surface area (Å²) in [6, 6.07) is 3.22. The molecular formula is C21H22O6. The summed E-state index contributed by atoms with van der Waals surface area (Å²) >= 11 is 0. The maximum absolute atomic E-state index is 12.4. The molecule has 6 heteroatoms. The third kappa shape index (κ3) is 2.67. The van der Waals surface area contributed by atoms with Crippen molar-refractivity contribution in [2.45, 2.75) is 39.4 Å². The molecule has 0 fully saturated rings. The van der Waals surface area contributed by atoms with Crippen molar-refractivity contribution >= 4 is 11.9 Å². The molecule has 0 amide bonds. The second-order valence-electron chi connectivity index (χ2n) is 7.55. The molecule has 2 heterocycles. The van der Waals surface area contributed by atoms with Crippen LogP contribution in [0.1, 0.15) is 37.7 Å². The van der Waals surface area contributed by atoms with Gasteiger partial charge in [-0.25, -0.2) is 9.59 Å². The van der Waals surface area contributed by atoms with Crippen molar-refractivity contribution in [2.24, 2.45) is 11.3 Å². The second kappa shape index (κ2) is 6.23. The summed E-state index contributed by atoms with van der Waals surface area (Å²) in [4.78, 5) is 24.4. The third-order valence-electron chi connectivity index (χ3n) is 6.15. The van der Waals surface area contributed by atoms with E-state index in [1.165, 1.54) is 6.26 Å². The van der Waals surface area contributed by atoms with Crippen molar-refractivity contribution in [3.63, 3.8) is 0 Å². The normalized spacial score (nSPS) is 32.3. The van der Waals surface area contributed by atoms with E-state index >= 15 is 0 Å². The molecule has 1 aliphatic heterocycles. The lowest BCUT2D eigenvalue weighted by molar-refractivity contribution is -0.133.